The number of rotatable bonds is 3. The summed E-state index contributed by atoms with van der Waals surface area (Å²) in [6.45, 7) is 0.933. The first-order valence-corrected chi connectivity index (χ1v) is 4.12. The first-order valence-electron chi connectivity index (χ1n) is 4.12. The molecule has 0 bridgehead atoms. The van der Waals surface area contributed by atoms with Crippen LogP contribution in [0.2, 0.25) is 0 Å². The molecule has 3 nitrogen and oxygen atoms in total. The van der Waals surface area contributed by atoms with Gasteiger partial charge in [0.15, 0.2) is 18.8 Å². The maximum absolute atomic E-state index is 5.24. The number of methoxy groups -OCH3 is 1. The largest absolute Gasteiger partial charge is 0.454 e. The van der Waals surface area contributed by atoms with Crippen LogP contribution in [0.4, 0.5) is 0 Å². The molecule has 0 fully saturated rings. The van der Waals surface area contributed by atoms with Gasteiger partial charge in [-0.3, -0.25) is 0 Å². The third kappa shape index (κ3) is 1.78. The van der Waals surface area contributed by atoms with Crippen molar-refractivity contribution in [1.82, 2.24) is 0 Å². The molecule has 0 amide bonds. The van der Waals surface area contributed by atoms with Crippen LogP contribution in [0.15, 0.2) is 18.2 Å². The summed E-state index contributed by atoms with van der Waals surface area (Å²) in [7, 11) is 3.66. The molecule has 1 heterocycles. The van der Waals surface area contributed by atoms with Gasteiger partial charge in [0.05, 0.1) is 0 Å². The average molecular weight is 177 g/mol. The van der Waals surface area contributed by atoms with Crippen molar-refractivity contribution in [2.24, 2.45) is 0 Å². The van der Waals surface area contributed by atoms with Crippen LogP contribution in [-0.4, -0.2) is 27.7 Å². The van der Waals surface area contributed by atoms with Gasteiger partial charge in [-0.05, 0) is 12.1 Å². The molecule has 0 spiro atoms. The number of benzene rings is 1. The maximum Gasteiger partial charge on any atom is 0.231 e. The summed E-state index contributed by atoms with van der Waals surface area (Å²) in [5, 5.41) is 0. The molecule has 0 aliphatic carbocycles. The van der Waals surface area contributed by atoms with Crippen LogP contribution in [-0.2, 0) is 4.74 Å². The van der Waals surface area contributed by atoms with Crippen molar-refractivity contribution in [3.8, 4) is 11.5 Å². The van der Waals surface area contributed by atoms with Crippen LogP contribution in [0.25, 0.3) is 0 Å². The Kier molecular flexibility index (Phi) is 2.41. The second-order valence-electron chi connectivity index (χ2n) is 2.77. The third-order valence-corrected chi connectivity index (χ3v) is 1.88. The van der Waals surface area contributed by atoms with E-state index in [1.807, 2.05) is 25.5 Å². The molecule has 0 saturated carbocycles. The molecule has 1 aliphatic rings. The van der Waals surface area contributed by atoms with E-state index in [0.717, 1.165) is 17.0 Å². The van der Waals surface area contributed by atoms with Crippen molar-refractivity contribution in [2.75, 3.05) is 20.4 Å². The molecular weight excluding hydrogens is 167 g/mol. The molecule has 1 aliphatic heterocycles. The number of hydrogen-bond donors (Lipinski definition) is 0. The van der Waals surface area contributed by atoms with E-state index < -0.39 is 0 Å². The lowest BCUT2D eigenvalue weighted by atomic mass is 9.71. The van der Waals surface area contributed by atoms with Crippen molar-refractivity contribution >= 4 is 12.7 Å². The van der Waals surface area contributed by atoms with Gasteiger partial charge in [0.1, 0.15) is 0 Å². The van der Waals surface area contributed by atoms with E-state index in [4.69, 9.17) is 14.2 Å². The van der Waals surface area contributed by atoms with E-state index >= 15 is 0 Å². The van der Waals surface area contributed by atoms with Gasteiger partial charge in [0, 0.05) is 13.6 Å². The smallest absolute Gasteiger partial charge is 0.231 e. The quantitative estimate of drug-likeness (QED) is 0.623. The normalized spacial score (nSPS) is 13.0. The Balaban J connectivity index is 2.12. The van der Waals surface area contributed by atoms with E-state index in [9.17, 15) is 0 Å². The highest BCUT2D eigenvalue weighted by Gasteiger charge is 2.12. The Bertz CT molecular complexity index is 301. The molecule has 4 heteroatoms. The highest BCUT2D eigenvalue weighted by molar-refractivity contribution is 6.53. The molecule has 0 saturated heterocycles. The number of ether oxygens (including phenoxy) is 3. The van der Waals surface area contributed by atoms with Gasteiger partial charge in [-0.2, -0.15) is 0 Å². The summed E-state index contributed by atoms with van der Waals surface area (Å²) < 4.78 is 15.4. The number of hydrogen-bond acceptors (Lipinski definition) is 3. The number of fused-ring (bicyclic) bond motifs is 1. The fraction of sp³-hybridized carbons (Fsp3) is 0.333. The molecule has 0 aromatic heterocycles. The van der Waals surface area contributed by atoms with Gasteiger partial charge < -0.3 is 14.2 Å². The van der Waals surface area contributed by atoms with Gasteiger partial charge in [-0.15, -0.1) is 0 Å². The fourth-order valence-corrected chi connectivity index (χ4v) is 1.22. The van der Waals surface area contributed by atoms with Gasteiger partial charge in [-0.25, -0.2) is 0 Å². The Hall–Kier alpha value is -1.16. The second kappa shape index (κ2) is 3.70. The van der Waals surface area contributed by atoms with E-state index in [-0.39, 0.29) is 0 Å². The summed E-state index contributed by atoms with van der Waals surface area (Å²) >= 11 is 0. The SMILES string of the molecule is COC[B]c1ccc2c(c1)OCO2. The van der Waals surface area contributed by atoms with Gasteiger partial charge >= 0.3 is 0 Å². The van der Waals surface area contributed by atoms with Crippen molar-refractivity contribution in [2.45, 2.75) is 0 Å². The minimum Gasteiger partial charge on any atom is -0.454 e. The summed E-state index contributed by atoms with van der Waals surface area (Å²) in [5.41, 5.74) is 1.09. The first kappa shape index (κ1) is 8.44. The Morgan fingerprint density at radius 2 is 2.23 bits per heavy atom. The van der Waals surface area contributed by atoms with Gasteiger partial charge in [-0.1, -0.05) is 11.5 Å². The lowest BCUT2D eigenvalue weighted by Crippen LogP contribution is -2.18. The molecule has 1 radical (unpaired) electrons. The summed E-state index contributed by atoms with van der Waals surface area (Å²) in [6.07, 6.45) is 0. The fourth-order valence-electron chi connectivity index (χ4n) is 1.22. The zero-order chi connectivity index (χ0) is 9.10. The predicted octanol–water partition coefficient (Wildman–Crippen LogP) is 0.349. The van der Waals surface area contributed by atoms with Crippen LogP contribution in [0.5, 0.6) is 11.5 Å². The molecule has 1 aromatic carbocycles. The molecule has 67 valence electrons. The highest BCUT2D eigenvalue weighted by atomic mass is 16.7. The van der Waals surface area contributed by atoms with Crippen molar-refractivity contribution in [3.05, 3.63) is 18.2 Å². The topological polar surface area (TPSA) is 27.7 Å². The van der Waals surface area contributed by atoms with Crippen LogP contribution < -0.4 is 14.9 Å². The minimum absolute atomic E-state index is 0.322. The molecule has 0 N–H and O–H groups in total. The summed E-state index contributed by atoms with van der Waals surface area (Å²) in [6, 6.07) is 5.83. The summed E-state index contributed by atoms with van der Waals surface area (Å²) in [4.78, 5) is 0. The molecule has 0 unspecified atom stereocenters. The van der Waals surface area contributed by atoms with Gasteiger partial charge in [0.25, 0.3) is 0 Å². The van der Waals surface area contributed by atoms with Crippen LogP contribution in [0.3, 0.4) is 0 Å². The lowest BCUT2D eigenvalue weighted by molar-refractivity contribution is 0.174. The lowest BCUT2D eigenvalue weighted by Gasteiger charge is -2.00. The van der Waals surface area contributed by atoms with Crippen LogP contribution >= 0.6 is 0 Å². The maximum atomic E-state index is 5.24. The minimum atomic E-state index is 0.322. The zero-order valence-electron chi connectivity index (χ0n) is 7.45. The van der Waals surface area contributed by atoms with E-state index in [1.54, 1.807) is 7.11 Å². The first-order chi connectivity index (χ1) is 6.40. The average Bonchev–Trinajstić information content (AvgIpc) is 2.61. The molecule has 13 heavy (non-hydrogen) atoms. The Morgan fingerprint density at radius 1 is 1.38 bits per heavy atom. The highest BCUT2D eigenvalue weighted by Crippen LogP contribution is 2.29. The predicted molar refractivity (Wildman–Crippen MR) is 49.8 cm³/mol. The molecule has 2 rings (SSSR count). The monoisotopic (exact) mass is 177 g/mol. The van der Waals surface area contributed by atoms with Crippen LogP contribution in [0.1, 0.15) is 0 Å². The summed E-state index contributed by atoms with van der Waals surface area (Å²) in [5.74, 6) is 1.62. The van der Waals surface area contributed by atoms with Crippen molar-refractivity contribution < 1.29 is 14.2 Å². The zero-order valence-corrected chi connectivity index (χ0v) is 7.45. The van der Waals surface area contributed by atoms with Gasteiger partial charge in [0.2, 0.25) is 6.79 Å². The van der Waals surface area contributed by atoms with Crippen molar-refractivity contribution in [3.63, 3.8) is 0 Å². The second-order valence-corrected chi connectivity index (χ2v) is 2.77. The third-order valence-electron chi connectivity index (χ3n) is 1.88. The standard InChI is InChI=1S/C9H10BO3/c1-11-5-10-7-2-3-8-9(4-7)13-6-12-8/h2-4H,5-6H2,1H3. The molecular formula is C9H10BO3. The molecule has 1 aromatic rings. The van der Waals surface area contributed by atoms with E-state index in [2.05, 4.69) is 0 Å². The van der Waals surface area contributed by atoms with Crippen molar-refractivity contribution in [1.29, 1.82) is 0 Å². The van der Waals surface area contributed by atoms with E-state index in [0.29, 0.717) is 13.3 Å². The van der Waals surface area contributed by atoms with E-state index in [1.165, 1.54) is 0 Å². The molecule has 0 atom stereocenters. The van der Waals surface area contributed by atoms with Crippen LogP contribution in [0, 0.1) is 0 Å². The Morgan fingerprint density at radius 3 is 3.08 bits per heavy atom. The Labute approximate surface area is 77.8 Å².